The van der Waals surface area contributed by atoms with Gasteiger partial charge in [-0.25, -0.2) is 0 Å². The van der Waals surface area contributed by atoms with Gasteiger partial charge >= 0.3 is 6.18 Å². The van der Waals surface area contributed by atoms with Crippen molar-refractivity contribution < 1.29 is 18.0 Å². The van der Waals surface area contributed by atoms with Crippen molar-refractivity contribution in [2.75, 3.05) is 6.54 Å². The molecule has 1 aromatic rings. The summed E-state index contributed by atoms with van der Waals surface area (Å²) in [5.74, 6) is 0. The van der Waals surface area contributed by atoms with Crippen LogP contribution < -0.4 is 0 Å². The smallest absolute Gasteiger partial charge is 0.293 e. The van der Waals surface area contributed by atoms with E-state index in [0.717, 1.165) is 12.1 Å². The number of hydroxylamine groups is 2. The first-order valence-electron chi connectivity index (χ1n) is 4.96. The van der Waals surface area contributed by atoms with Crippen LogP contribution in [0.25, 0.3) is 0 Å². The van der Waals surface area contributed by atoms with E-state index in [2.05, 4.69) is 0 Å². The summed E-state index contributed by atoms with van der Waals surface area (Å²) in [5, 5.41) is 9.93. The van der Waals surface area contributed by atoms with Gasteiger partial charge in [0, 0.05) is 0 Å². The third kappa shape index (κ3) is 2.96. The van der Waals surface area contributed by atoms with Gasteiger partial charge in [0.1, 0.15) is 6.04 Å². The highest BCUT2D eigenvalue weighted by molar-refractivity contribution is 5.25. The second kappa shape index (κ2) is 4.35. The van der Waals surface area contributed by atoms with Crippen molar-refractivity contribution in [3.63, 3.8) is 0 Å². The van der Waals surface area contributed by atoms with E-state index in [1.165, 1.54) is 11.1 Å². The lowest BCUT2D eigenvalue weighted by Crippen LogP contribution is -2.07. The molecule has 17 heavy (non-hydrogen) atoms. The zero-order valence-electron chi connectivity index (χ0n) is 8.74. The van der Waals surface area contributed by atoms with E-state index in [1.54, 1.807) is 6.07 Å². The first kappa shape index (κ1) is 11.9. The van der Waals surface area contributed by atoms with Gasteiger partial charge in [-0.05, 0) is 17.7 Å². The molecule has 0 radical (unpaired) electrons. The van der Waals surface area contributed by atoms with Gasteiger partial charge in [-0.2, -0.15) is 23.5 Å². The van der Waals surface area contributed by atoms with Gasteiger partial charge in [0.2, 0.25) is 0 Å². The molecule has 1 aliphatic rings. The Balaban J connectivity index is 1.96. The molecule has 0 amide bonds. The molecule has 2 unspecified atom stereocenters. The average molecular weight is 242 g/mol. The van der Waals surface area contributed by atoms with E-state index in [4.69, 9.17) is 10.1 Å². The molecule has 1 aromatic carbocycles. The molecule has 0 N–H and O–H groups in total. The van der Waals surface area contributed by atoms with Crippen LogP contribution in [0.3, 0.4) is 0 Å². The molecule has 3 nitrogen and oxygen atoms in total. The minimum Gasteiger partial charge on any atom is -0.293 e. The summed E-state index contributed by atoms with van der Waals surface area (Å²) in [6.07, 6.45) is -4.34. The van der Waals surface area contributed by atoms with Crippen molar-refractivity contribution in [2.45, 2.75) is 18.8 Å². The monoisotopic (exact) mass is 242 g/mol. The van der Waals surface area contributed by atoms with Gasteiger partial charge in [0.15, 0.2) is 0 Å². The molecule has 0 aliphatic carbocycles. The predicted molar refractivity (Wildman–Crippen MR) is 52.3 cm³/mol. The highest BCUT2D eigenvalue weighted by atomic mass is 19.4. The summed E-state index contributed by atoms with van der Waals surface area (Å²) in [7, 11) is 0. The Hall–Kier alpha value is -1.58. The van der Waals surface area contributed by atoms with Crippen LogP contribution in [0, 0.1) is 11.3 Å². The summed E-state index contributed by atoms with van der Waals surface area (Å²) >= 11 is 0. The lowest BCUT2D eigenvalue weighted by atomic mass is 10.1. The number of hydrogen-bond donors (Lipinski definition) is 0. The van der Waals surface area contributed by atoms with Gasteiger partial charge in [-0.15, -0.1) is 0 Å². The zero-order valence-corrected chi connectivity index (χ0v) is 8.74. The predicted octanol–water partition coefficient (Wildman–Crippen LogP) is 2.34. The molecule has 2 rings (SSSR count). The number of nitriles is 1. The van der Waals surface area contributed by atoms with Crippen molar-refractivity contribution in [1.82, 2.24) is 5.06 Å². The van der Waals surface area contributed by atoms with E-state index in [9.17, 15) is 13.2 Å². The molecule has 1 saturated heterocycles. The van der Waals surface area contributed by atoms with Crippen molar-refractivity contribution >= 4 is 0 Å². The van der Waals surface area contributed by atoms with Crippen LogP contribution in [0.2, 0.25) is 0 Å². The normalized spacial score (nSPS) is 23.2. The van der Waals surface area contributed by atoms with E-state index >= 15 is 0 Å². The molecule has 0 aromatic heterocycles. The third-order valence-corrected chi connectivity index (χ3v) is 2.37. The summed E-state index contributed by atoms with van der Waals surface area (Å²) in [4.78, 5) is 5.15. The van der Waals surface area contributed by atoms with E-state index in [1.807, 2.05) is 6.07 Å². The summed E-state index contributed by atoms with van der Waals surface area (Å²) in [6, 6.07) is 6.67. The molecule has 0 saturated carbocycles. The molecule has 1 fully saturated rings. The van der Waals surface area contributed by atoms with Gasteiger partial charge in [0.25, 0.3) is 0 Å². The average Bonchev–Trinajstić information content (AvgIpc) is 3.04. The van der Waals surface area contributed by atoms with Crippen molar-refractivity contribution in [1.29, 1.82) is 5.26 Å². The van der Waals surface area contributed by atoms with E-state index in [0.29, 0.717) is 12.1 Å². The Bertz CT molecular complexity index is 453. The molecular formula is C11H9F3N2O. The Kier molecular flexibility index (Phi) is 3.05. The number of hydrogen-bond acceptors (Lipinski definition) is 3. The third-order valence-electron chi connectivity index (χ3n) is 2.37. The highest BCUT2D eigenvalue weighted by Gasteiger charge is 2.35. The maximum atomic E-state index is 12.4. The minimum atomic E-state index is -4.34. The maximum absolute atomic E-state index is 12.4. The molecule has 0 bridgehead atoms. The first-order chi connectivity index (χ1) is 8.00. The highest BCUT2D eigenvalue weighted by Crippen LogP contribution is 2.30. The molecule has 1 aliphatic heterocycles. The van der Waals surface area contributed by atoms with Gasteiger partial charge < -0.3 is 0 Å². The molecule has 90 valence electrons. The Morgan fingerprint density at radius 1 is 1.47 bits per heavy atom. The Morgan fingerprint density at radius 2 is 2.24 bits per heavy atom. The first-order valence-corrected chi connectivity index (χ1v) is 4.96. The Morgan fingerprint density at radius 3 is 2.82 bits per heavy atom. The number of halogens is 3. The van der Waals surface area contributed by atoms with Gasteiger partial charge in [-0.1, -0.05) is 12.1 Å². The van der Waals surface area contributed by atoms with Crippen LogP contribution in [0.5, 0.6) is 0 Å². The van der Waals surface area contributed by atoms with Crippen LogP contribution in [-0.2, 0) is 17.6 Å². The SMILES string of the molecule is N#CC1CN1OCc1cccc(C(F)(F)F)c1. The molecule has 2 atom stereocenters. The molecule has 1 heterocycles. The van der Waals surface area contributed by atoms with Crippen molar-refractivity contribution in [2.24, 2.45) is 0 Å². The summed E-state index contributed by atoms with van der Waals surface area (Å²) in [6.45, 7) is 0.553. The second-order valence-electron chi connectivity index (χ2n) is 3.72. The quantitative estimate of drug-likeness (QED) is 0.763. The van der Waals surface area contributed by atoms with Crippen LogP contribution in [0.4, 0.5) is 13.2 Å². The lowest BCUT2D eigenvalue weighted by Gasteiger charge is -2.09. The zero-order chi connectivity index (χ0) is 12.5. The number of alkyl halides is 3. The fourth-order valence-corrected chi connectivity index (χ4v) is 1.37. The van der Waals surface area contributed by atoms with Gasteiger partial charge in [-0.3, -0.25) is 4.84 Å². The standard InChI is InChI=1S/C11H9F3N2O/c12-11(13,14)9-3-1-2-8(4-9)7-17-16-6-10(16)5-15/h1-4,10H,6-7H2. The van der Waals surface area contributed by atoms with Gasteiger partial charge in [0.05, 0.1) is 24.8 Å². The number of rotatable bonds is 3. The van der Waals surface area contributed by atoms with E-state index in [-0.39, 0.29) is 12.6 Å². The summed E-state index contributed by atoms with van der Waals surface area (Å²) in [5.41, 5.74) is -0.260. The fraction of sp³-hybridized carbons (Fsp3) is 0.364. The molecule has 6 heteroatoms. The van der Waals surface area contributed by atoms with Crippen LogP contribution in [-0.4, -0.2) is 17.6 Å². The van der Waals surface area contributed by atoms with Crippen molar-refractivity contribution in [3.8, 4) is 6.07 Å². The maximum Gasteiger partial charge on any atom is 0.416 e. The number of benzene rings is 1. The van der Waals surface area contributed by atoms with Crippen LogP contribution in [0.15, 0.2) is 24.3 Å². The lowest BCUT2D eigenvalue weighted by molar-refractivity contribution is -0.137. The number of nitrogens with zero attached hydrogens (tertiary/aromatic N) is 2. The fourth-order valence-electron chi connectivity index (χ4n) is 1.37. The molecule has 0 spiro atoms. The van der Waals surface area contributed by atoms with Crippen molar-refractivity contribution in [3.05, 3.63) is 35.4 Å². The largest absolute Gasteiger partial charge is 0.416 e. The second-order valence-corrected chi connectivity index (χ2v) is 3.72. The minimum absolute atomic E-state index is 0.0437. The molecular weight excluding hydrogens is 233 g/mol. The Labute approximate surface area is 96.0 Å². The van der Waals surface area contributed by atoms with E-state index < -0.39 is 11.7 Å². The summed E-state index contributed by atoms with van der Waals surface area (Å²) < 4.78 is 37.2. The topological polar surface area (TPSA) is 36.0 Å². The van der Waals surface area contributed by atoms with Crippen LogP contribution >= 0.6 is 0 Å². The van der Waals surface area contributed by atoms with Crippen LogP contribution in [0.1, 0.15) is 11.1 Å².